The quantitative estimate of drug-likeness (QED) is 0.929. The minimum atomic E-state index is -4.30. The Morgan fingerprint density at radius 2 is 1.71 bits per heavy atom. The van der Waals surface area contributed by atoms with Crippen LogP contribution < -0.4 is 5.32 Å². The van der Waals surface area contributed by atoms with E-state index < -0.39 is 11.7 Å². The van der Waals surface area contributed by atoms with Gasteiger partial charge in [-0.3, -0.25) is 0 Å². The van der Waals surface area contributed by atoms with Crippen LogP contribution >= 0.6 is 0 Å². The smallest absolute Gasteiger partial charge is 0.337 e. The molecule has 2 rings (SSSR count). The summed E-state index contributed by atoms with van der Waals surface area (Å²) in [4.78, 5) is 4.26. The summed E-state index contributed by atoms with van der Waals surface area (Å²) in [6, 6.07) is 5.16. The standard InChI is InChI=1S/C15H18F3N3/c1-10(20-11(2)14-19-8-9-21(14)3)12-4-6-13(7-5-12)15(16,17)18/h4-11,20H,1-3H3. The van der Waals surface area contributed by atoms with Crippen molar-refractivity contribution in [2.24, 2.45) is 7.05 Å². The Morgan fingerprint density at radius 1 is 1.10 bits per heavy atom. The maximum atomic E-state index is 12.5. The molecular formula is C15H18F3N3. The number of hydrogen-bond donors (Lipinski definition) is 1. The molecule has 0 spiro atoms. The Morgan fingerprint density at radius 3 is 2.19 bits per heavy atom. The third-order valence-electron chi connectivity index (χ3n) is 3.48. The second kappa shape index (κ2) is 5.89. The van der Waals surface area contributed by atoms with Gasteiger partial charge in [0.15, 0.2) is 0 Å². The number of aryl methyl sites for hydroxylation is 1. The molecule has 0 saturated carbocycles. The summed E-state index contributed by atoms with van der Waals surface area (Å²) in [6.45, 7) is 3.89. The SMILES string of the molecule is CC(NC(C)c1nccn1C)c1ccc(C(F)(F)F)cc1. The summed E-state index contributed by atoms with van der Waals surface area (Å²) >= 11 is 0. The number of imidazole rings is 1. The van der Waals surface area contributed by atoms with Gasteiger partial charge in [-0.15, -0.1) is 0 Å². The van der Waals surface area contributed by atoms with Gasteiger partial charge in [0, 0.05) is 25.5 Å². The van der Waals surface area contributed by atoms with E-state index in [1.54, 1.807) is 6.20 Å². The lowest BCUT2D eigenvalue weighted by Gasteiger charge is -2.20. The molecule has 3 nitrogen and oxygen atoms in total. The monoisotopic (exact) mass is 297 g/mol. The van der Waals surface area contributed by atoms with Crippen molar-refractivity contribution in [1.82, 2.24) is 14.9 Å². The van der Waals surface area contributed by atoms with Gasteiger partial charge in [0.05, 0.1) is 11.6 Å². The number of alkyl halides is 3. The maximum Gasteiger partial charge on any atom is 0.416 e. The zero-order valence-electron chi connectivity index (χ0n) is 12.1. The van der Waals surface area contributed by atoms with Crippen molar-refractivity contribution in [3.05, 3.63) is 53.6 Å². The fourth-order valence-corrected chi connectivity index (χ4v) is 2.30. The van der Waals surface area contributed by atoms with Crippen molar-refractivity contribution in [1.29, 1.82) is 0 Å². The van der Waals surface area contributed by atoms with Crippen molar-refractivity contribution in [3.8, 4) is 0 Å². The van der Waals surface area contributed by atoms with Gasteiger partial charge in [-0.05, 0) is 31.5 Å². The molecule has 0 aliphatic rings. The molecule has 6 heteroatoms. The van der Waals surface area contributed by atoms with Gasteiger partial charge >= 0.3 is 6.18 Å². The highest BCUT2D eigenvalue weighted by Crippen LogP contribution is 2.30. The van der Waals surface area contributed by atoms with E-state index in [1.165, 1.54) is 12.1 Å². The molecule has 0 aliphatic heterocycles. The molecule has 0 saturated heterocycles. The van der Waals surface area contributed by atoms with E-state index in [9.17, 15) is 13.2 Å². The first kappa shape index (κ1) is 15.6. The lowest BCUT2D eigenvalue weighted by atomic mass is 10.0. The maximum absolute atomic E-state index is 12.5. The number of benzene rings is 1. The van der Waals surface area contributed by atoms with Crippen LogP contribution in [0.2, 0.25) is 0 Å². The van der Waals surface area contributed by atoms with Gasteiger partial charge < -0.3 is 9.88 Å². The number of nitrogens with zero attached hydrogens (tertiary/aromatic N) is 2. The minimum absolute atomic E-state index is 0.00212. The third kappa shape index (κ3) is 3.64. The predicted octanol–water partition coefficient (Wildman–Crippen LogP) is 3.85. The van der Waals surface area contributed by atoms with Crippen LogP contribution in [0.4, 0.5) is 13.2 Å². The molecule has 1 N–H and O–H groups in total. The average molecular weight is 297 g/mol. The summed E-state index contributed by atoms with van der Waals surface area (Å²) < 4.78 is 39.5. The molecule has 21 heavy (non-hydrogen) atoms. The molecule has 2 aromatic rings. The Bertz CT molecular complexity index is 587. The largest absolute Gasteiger partial charge is 0.416 e. The summed E-state index contributed by atoms with van der Waals surface area (Å²) in [5, 5.41) is 3.33. The van der Waals surface area contributed by atoms with Crippen molar-refractivity contribution in [2.45, 2.75) is 32.1 Å². The van der Waals surface area contributed by atoms with E-state index in [2.05, 4.69) is 10.3 Å². The number of aromatic nitrogens is 2. The summed E-state index contributed by atoms with van der Waals surface area (Å²) in [5.74, 6) is 0.883. The molecule has 0 bridgehead atoms. The summed E-state index contributed by atoms with van der Waals surface area (Å²) in [6.07, 6.45) is -0.720. The van der Waals surface area contributed by atoms with E-state index in [0.717, 1.165) is 23.5 Å². The van der Waals surface area contributed by atoms with Crippen LogP contribution in [0, 0.1) is 0 Å². The molecule has 2 atom stereocenters. The fraction of sp³-hybridized carbons (Fsp3) is 0.400. The van der Waals surface area contributed by atoms with Crippen molar-refractivity contribution >= 4 is 0 Å². The Balaban J connectivity index is 2.07. The van der Waals surface area contributed by atoms with E-state index >= 15 is 0 Å². The summed E-state index contributed by atoms with van der Waals surface area (Å²) in [5.41, 5.74) is 0.180. The van der Waals surface area contributed by atoms with Crippen LogP contribution in [0.1, 0.15) is 42.9 Å². The average Bonchev–Trinajstić information content (AvgIpc) is 2.84. The summed E-state index contributed by atoms with van der Waals surface area (Å²) in [7, 11) is 1.91. The lowest BCUT2D eigenvalue weighted by molar-refractivity contribution is -0.137. The van der Waals surface area contributed by atoms with Gasteiger partial charge in [-0.2, -0.15) is 13.2 Å². The van der Waals surface area contributed by atoms with Crippen LogP contribution in [-0.2, 0) is 13.2 Å². The van der Waals surface area contributed by atoms with E-state index in [4.69, 9.17) is 0 Å². The Hall–Kier alpha value is -1.82. The Labute approximate surface area is 121 Å². The molecule has 2 unspecified atom stereocenters. The molecule has 1 heterocycles. The van der Waals surface area contributed by atoms with Gasteiger partial charge in [0.1, 0.15) is 5.82 Å². The highest BCUT2D eigenvalue weighted by atomic mass is 19.4. The molecule has 114 valence electrons. The van der Waals surface area contributed by atoms with Crippen molar-refractivity contribution in [3.63, 3.8) is 0 Å². The van der Waals surface area contributed by atoms with E-state index in [1.807, 2.05) is 31.7 Å². The number of nitrogens with one attached hydrogen (secondary N) is 1. The first-order chi connectivity index (χ1) is 9.79. The van der Waals surface area contributed by atoms with Crippen LogP contribution in [0.5, 0.6) is 0 Å². The van der Waals surface area contributed by atoms with Gasteiger partial charge in [0.25, 0.3) is 0 Å². The first-order valence-electron chi connectivity index (χ1n) is 6.69. The zero-order valence-corrected chi connectivity index (χ0v) is 12.1. The molecule has 0 aliphatic carbocycles. The number of halogens is 3. The third-order valence-corrected chi connectivity index (χ3v) is 3.48. The molecule has 1 aromatic carbocycles. The number of hydrogen-bond acceptors (Lipinski definition) is 2. The minimum Gasteiger partial charge on any atom is -0.337 e. The first-order valence-corrected chi connectivity index (χ1v) is 6.69. The number of rotatable bonds is 4. The molecular weight excluding hydrogens is 279 g/mol. The van der Waals surface area contributed by atoms with Gasteiger partial charge in [-0.25, -0.2) is 4.98 Å². The second-order valence-corrected chi connectivity index (χ2v) is 5.13. The fourth-order valence-electron chi connectivity index (χ4n) is 2.30. The second-order valence-electron chi connectivity index (χ2n) is 5.13. The molecule has 0 fully saturated rings. The zero-order chi connectivity index (χ0) is 15.6. The van der Waals surface area contributed by atoms with Crippen LogP contribution in [0.15, 0.2) is 36.7 Å². The predicted molar refractivity (Wildman–Crippen MR) is 74.6 cm³/mol. The topological polar surface area (TPSA) is 29.9 Å². The molecule has 0 amide bonds. The Kier molecular flexibility index (Phi) is 4.37. The van der Waals surface area contributed by atoms with Crippen LogP contribution in [0.3, 0.4) is 0 Å². The van der Waals surface area contributed by atoms with Crippen LogP contribution in [-0.4, -0.2) is 9.55 Å². The highest BCUT2D eigenvalue weighted by molar-refractivity contribution is 5.26. The molecule has 1 aromatic heterocycles. The normalized spacial score (nSPS) is 15.0. The highest BCUT2D eigenvalue weighted by Gasteiger charge is 2.30. The van der Waals surface area contributed by atoms with E-state index in [0.29, 0.717) is 0 Å². The van der Waals surface area contributed by atoms with Crippen molar-refractivity contribution in [2.75, 3.05) is 0 Å². The van der Waals surface area contributed by atoms with Gasteiger partial charge in [0.2, 0.25) is 0 Å². The van der Waals surface area contributed by atoms with Crippen LogP contribution in [0.25, 0.3) is 0 Å². The lowest BCUT2D eigenvalue weighted by Crippen LogP contribution is -2.24. The van der Waals surface area contributed by atoms with Gasteiger partial charge in [-0.1, -0.05) is 12.1 Å². The van der Waals surface area contributed by atoms with Crippen molar-refractivity contribution < 1.29 is 13.2 Å². The molecule has 0 radical (unpaired) electrons. The van der Waals surface area contributed by atoms with E-state index in [-0.39, 0.29) is 12.1 Å².